The summed E-state index contributed by atoms with van der Waals surface area (Å²) in [5, 5.41) is 4.33. The van der Waals surface area contributed by atoms with E-state index in [-0.39, 0.29) is 5.82 Å². The van der Waals surface area contributed by atoms with E-state index in [1.165, 1.54) is 29.5 Å². The number of hydrogen-bond acceptors (Lipinski definition) is 3. The SMILES string of the molecule is CCNCc1sc(-c2cc(F)ccc2C)nc1C1CC1. The van der Waals surface area contributed by atoms with Crippen LogP contribution in [-0.2, 0) is 6.54 Å². The minimum Gasteiger partial charge on any atom is -0.312 e. The molecule has 0 atom stereocenters. The van der Waals surface area contributed by atoms with Crippen LogP contribution in [0.5, 0.6) is 0 Å². The zero-order valence-electron chi connectivity index (χ0n) is 11.9. The lowest BCUT2D eigenvalue weighted by atomic mass is 10.1. The van der Waals surface area contributed by atoms with Crippen LogP contribution in [0.25, 0.3) is 10.6 Å². The van der Waals surface area contributed by atoms with Gasteiger partial charge in [-0.3, -0.25) is 0 Å². The summed E-state index contributed by atoms with van der Waals surface area (Å²) in [6.45, 7) is 5.94. The van der Waals surface area contributed by atoms with Crippen molar-refractivity contribution < 1.29 is 4.39 Å². The number of halogens is 1. The normalized spacial score (nSPS) is 14.8. The van der Waals surface area contributed by atoms with Gasteiger partial charge >= 0.3 is 0 Å². The Morgan fingerprint density at radius 3 is 2.90 bits per heavy atom. The Kier molecular flexibility index (Phi) is 3.85. The van der Waals surface area contributed by atoms with Crippen LogP contribution in [0.2, 0.25) is 0 Å². The summed E-state index contributed by atoms with van der Waals surface area (Å²) in [5.74, 6) is 0.435. The smallest absolute Gasteiger partial charge is 0.124 e. The van der Waals surface area contributed by atoms with Crippen LogP contribution in [0, 0.1) is 12.7 Å². The lowest BCUT2D eigenvalue weighted by molar-refractivity contribution is 0.628. The third kappa shape index (κ3) is 2.76. The summed E-state index contributed by atoms with van der Waals surface area (Å²) < 4.78 is 13.5. The minimum absolute atomic E-state index is 0.193. The zero-order chi connectivity index (χ0) is 14.1. The number of hydrogen-bond donors (Lipinski definition) is 1. The Hall–Kier alpha value is -1.26. The van der Waals surface area contributed by atoms with Gasteiger partial charge in [0.15, 0.2) is 0 Å². The number of rotatable bonds is 5. The molecule has 106 valence electrons. The van der Waals surface area contributed by atoms with Crippen molar-refractivity contribution in [3.05, 3.63) is 40.2 Å². The van der Waals surface area contributed by atoms with Gasteiger partial charge in [-0.25, -0.2) is 9.37 Å². The van der Waals surface area contributed by atoms with Crippen LogP contribution in [0.1, 0.15) is 41.8 Å². The standard InChI is InChI=1S/C16H19FN2S/c1-3-18-9-14-15(11-5-6-11)19-16(20-14)13-8-12(17)7-4-10(13)2/h4,7-8,11,18H,3,5-6,9H2,1-2H3. The third-order valence-electron chi connectivity index (χ3n) is 3.66. The van der Waals surface area contributed by atoms with Crippen LogP contribution < -0.4 is 5.32 Å². The number of thiazole rings is 1. The van der Waals surface area contributed by atoms with Crippen molar-refractivity contribution in [1.82, 2.24) is 10.3 Å². The fourth-order valence-electron chi connectivity index (χ4n) is 2.34. The van der Waals surface area contributed by atoms with Gasteiger partial charge in [0.2, 0.25) is 0 Å². The molecule has 1 fully saturated rings. The summed E-state index contributed by atoms with van der Waals surface area (Å²) in [6.07, 6.45) is 2.48. The van der Waals surface area contributed by atoms with E-state index in [1.54, 1.807) is 17.4 Å². The van der Waals surface area contributed by atoms with Crippen molar-refractivity contribution in [3.63, 3.8) is 0 Å². The average Bonchev–Trinajstić information content (AvgIpc) is 3.20. The van der Waals surface area contributed by atoms with Crippen molar-refractivity contribution in [3.8, 4) is 10.6 Å². The van der Waals surface area contributed by atoms with E-state index in [4.69, 9.17) is 4.98 Å². The predicted octanol–water partition coefficient (Wildman–Crippen LogP) is 4.24. The molecule has 0 bridgehead atoms. The summed E-state index contributed by atoms with van der Waals surface area (Å²) in [6, 6.07) is 4.93. The second kappa shape index (κ2) is 5.62. The third-order valence-corrected chi connectivity index (χ3v) is 4.76. The molecule has 1 saturated carbocycles. The molecule has 0 saturated heterocycles. The number of aryl methyl sites for hydroxylation is 1. The van der Waals surface area contributed by atoms with E-state index < -0.39 is 0 Å². The molecule has 0 amide bonds. The van der Waals surface area contributed by atoms with Gasteiger partial charge in [0, 0.05) is 22.9 Å². The molecule has 2 aromatic rings. The maximum Gasteiger partial charge on any atom is 0.124 e. The van der Waals surface area contributed by atoms with Gasteiger partial charge in [-0.2, -0.15) is 0 Å². The summed E-state index contributed by atoms with van der Waals surface area (Å²) in [7, 11) is 0. The molecule has 0 spiro atoms. The Morgan fingerprint density at radius 2 is 2.20 bits per heavy atom. The maximum atomic E-state index is 13.5. The lowest BCUT2D eigenvalue weighted by Crippen LogP contribution is -2.11. The first-order chi connectivity index (χ1) is 9.69. The highest BCUT2D eigenvalue weighted by atomic mass is 32.1. The first-order valence-electron chi connectivity index (χ1n) is 7.16. The van der Waals surface area contributed by atoms with Gasteiger partial charge in [0.25, 0.3) is 0 Å². The fraction of sp³-hybridized carbons (Fsp3) is 0.438. The van der Waals surface area contributed by atoms with Crippen molar-refractivity contribution >= 4 is 11.3 Å². The molecule has 1 aliphatic carbocycles. The largest absolute Gasteiger partial charge is 0.312 e. The molecule has 1 N–H and O–H groups in total. The van der Waals surface area contributed by atoms with Crippen LogP contribution in [0.3, 0.4) is 0 Å². The van der Waals surface area contributed by atoms with Gasteiger partial charge in [-0.1, -0.05) is 13.0 Å². The van der Waals surface area contributed by atoms with Crippen LogP contribution >= 0.6 is 11.3 Å². The molecule has 1 aromatic heterocycles. The summed E-state index contributed by atoms with van der Waals surface area (Å²) in [4.78, 5) is 6.12. The zero-order valence-corrected chi connectivity index (χ0v) is 12.7. The monoisotopic (exact) mass is 290 g/mol. The molecule has 1 aliphatic rings. The molecule has 20 heavy (non-hydrogen) atoms. The van der Waals surface area contributed by atoms with Gasteiger partial charge in [-0.15, -0.1) is 11.3 Å². The second-order valence-electron chi connectivity index (χ2n) is 5.34. The van der Waals surface area contributed by atoms with Gasteiger partial charge in [0.1, 0.15) is 10.8 Å². The lowest BCUT2D eigenvalue weighted by Gasteiger charge is -2.01. The topological polar surface area (TPSA) is 24.9 Å². The molecule has 2 nitrogen and oxygen atoms in total. The molecule has 1 heterocycles. The highest BCUT2D eigenvalue weighted by Crippen LogP contribution is 2.44. The van der Waals surface area contributed by atoms with Crippen LogP contribution in [0.4, 0.5) is 4.39 Å². The van der Waals surface area contributed by atoms with Crippen LogP contribution in [-0.4, -0.2) is 11.5 Å². The molecular weight excluding hydrogens is 271 g/mol. The highest BCUT2D eigenvalue weighted by molar-refractivity contribution is 7.15. The quantitative estimate of drug-likeness (QED) is 0.890. The van der Waals surface area contributed by atoms with Crippen molar-refractivity contribution in [2.75, 3.05) is 6.54 Å². The van der Waals surface area contributed by atoms with E-state index in [1.807, 2.05) is 13.0 Å². The summed E-state index contributed by atoms with van der Waals surface area (Å²) >= 11 is 1.70. The number of nitrogens with zero attached hydrogens (tertiary/aromatic N) is 1. The van der Waals surface area contributed by atoms with E-state index in [0.717, 1.165) is 29.2 Å². The van der Waals surface area contributed by atoms with Gasteiger partial charge in [-0.05, 0) is 44.0 Å². The molecule has 0 unspecified atom stereocenters. The average molecular weight is 290 g/mol. The van der Waals surface area contributed by atoms with Crippen molar-refractivity contribution in [2.24, 2.45) is 0 Å². The highest BCUT2D eigenvalue weighted by Gasteiger charge is 2.29. The summed E-state index contributed by atoms with van der Waals surface area (Å²) in [5.41, 5.74) is 3.24. The molecule has 0 aliphatic heterocycles. The first kappa shape index (κ1) is 13.7. The first-order valence-corrected chi connectivity index (χ1v) is 7.97. The number of aromatic nitrogens is 1. The maximum absolute atomic E-state index is 13.5. The number of nitrogens with one attached hydrogen (secondary N) is 1. The van der Waals surface area contributed by atoms with E-state index in [2.05, 4.69) is 12.2 Å². The van der Waals surface area contributed by atoms with E-state index >= 15 is 0 Å². The molecule has 3 rings (SSSR count). The van der Waals surface area contributed by atoms with E-state index in [9.17, 15) is 4.39 Å². The number of benzene rings is 1. The van der Waals surface area contributed by atoms with Crippen LogP contribution in [0.15, 0.2) is 18.2 Å². The van der Waals surface area contributed by atoms with Gasteiger partial charge < -0.3 is 5.32 Å². The molecule has 4 heteroatoms. The Bertz CT molecular complexity index is 617. The Balaban J connectivity index is 1.99. The Labute approximate surface area is 123 Å². The molecular formula is C16H19FN2S. The molecule has 1 aromatic carbocycles. The second-order valence-corrected chi connectivity index (χ2v) is 6.42. The fourth-order valence-corrected chi connectivity index (χ4v) is 3.54. The molecule has 0 radical (unpaired) electrons. The minimum atomic E-state index is -0.193. The van der Waals surface area contributed by atoms with Gasteiger partial charge in [0.05, 0.1) is 5.69 Å². The predicted molar refractivity (Wildman–Crippen MR) is 81.6 cm³/mol. The van der Waals surface area contributed by atoms with Crippen molar-refractivity contribution in [1.29, 1.82) is 0 Å². The van der Waals surface area contributed by atoms with Crippen molar-refractivity contribution in [2.45, 2.75) is 39.2 Å². The van der Waals surface area contributed by atoms with E-state index in [0.29, 0.717) is 5.92 Å². The Morgan fingerprint density at radius 1 is 1.40 bits per heavy atom.